The number of nitro groups is 1. The van der Waals surface area contributed by atoms with Crippen molar-refractivity contribution in [3.05, 3.63) is 33.9 Å². The molecule has 1 atom stereocenters. The highest BCUT2D eigenvalue weighted by Crippen LogP contribution is 2.25. The predicted octanol–water partition coefficient (Wildman–Crippen LogP) is 2.11. The normalized spacial score (nSPS) is 12.2. The Morgan fingerprint density at radius 3 is 2.55 bits per heavy atom. The lowest BCUT2D eigenvalue weighted by molar-refractivity contribution is -0.385. The van der Waals surface area contributed by atoms with Crippen LogP contribution in [-0.4, -0.2) is 33.8 Å². The first-order valence-electron chi connectivity index (χ1n) is 6.26. The zero-order chi connectivity index (χ0) is 15.3. The van der Waals surface area contributed by atoms with E-state index in [0.717, 1.165) is 0 Å². The average Bonchev–Trinajstić information content (AvgIpc) is 2.37. The van der Waals surface area contributed by atoms with Gasteiger partial charge in [-0.15, -0.1) is 0 Å². The summed E-state index contributed by atoms with van der Waals surface area (Å²) >= 11 is 0. The molecule has 20 heavy (non-hydrogen) atoms. The van der Waals surface area contributed by atoms with E-state index in [1.165, 1.54) is 18.2 Å². The van der Waals surface area contributed by atoms with Crippen molar-refractivity contribution in [2.45, 2.75) is 26.3 Å². The van der Waals surface area contributed by atoms with E-state index in [9.17, 15) is 14.9 Å². The van der Waals surface area contributed by atoms with Gasteiger partial charge in [-0.3, -0.25) is 10.1 Å². The molecule has 0 aliphatic heterocycles. The molecular formula is C13H18N2O5. The highest BCUT2D eigenvalue weighted by atomic mass is 16.6. The lowest BCUT2D eigenvalue weighted by Crippen LogP contribution is -2.26. The molecule has 0 aliphatic rings. The molecule has 1 aromatic carbocycles. The Kier molecular flexibility index (Phi) is 5.45. The highest BCUT2D eigenvalue weighted by molar-refractivity contribution is 5.93. The Bertz CT molecular complexity index is 502. The Morgan fingerprint density at radius 2 is 2.10 bits per heavy atom. The molecule has 0 saturated carbocycles. The maximum Gasteiger partial charge on any atom is 0.342 e. The molecule has 0 heterocycles. The number of carboxylic acid groups (broad SMARTS) is 1. The number of nitro benzene ring substituents is 1. The van der Waals surface area contributed by atoms with E-state index in [0.29, 0.717) is 12.1 Å². The third kappa shape index (κ3) is 3.92. The number of nitrogens with one attached hydrogen (secondary N) is 1. The van der Waals surface area contributed by atoms with E-state index >= 15 is 0 Å². The molecule has 1 aromatic rings. The van der Waals surface area contributed by atoms with Crippen LogP contribution < -0.4 is 5.32 Å². The van der Waals surface area contributed by atoms with E-state index in [4.69, 9.17) is 10.2 Å². The van der Waals surface area contributed by atoms with Crippen molar-refractivity contribution in [1.29, 1.82) is 0 Å². The number of aromatic carboxylic acids is 1. The summed E-state index contributed by atoms with van der Waals surface area (Å²) in [5, 5.41) is 31.9. The third-order valence-corrected chi connectivity index (χ3v) is 3.02. The molecule has 0 amide bonds. The number of rotatable bonds is 7. The van der Waals surface area contributed by atoms with E-state index in [1.54, 1.807) is 0 Å². The Morgan fingerprint density at radius 1 is 1.45 bits per heavy atom. The molecule has 0 aliphatic carbocycles. The molecule has 110 valence electrons. The highest BCUT2D eigenvalue weighted by Gasteiger charge is 2.21. The second-order valence-corrected chi connectivity index (χ2v) is 4.80. The van der Waals surface area contributed by atoms with Crippen LogP contribution in [0.4, 0.5) is 11.4 Å². The van der Waals surface area contributed by atoms with E-state index in [1.807, 2.05) is 13.8 Å². The summed E-state index contributed by atoms with van der Waals surface area (Å²) in [6.07, 6.45) is 0.506. The second kappa shape index (κ2) is 6.85. The first-order chi connectivity index (χ1) is 9.36. The van der Waals surface area contributed by atoms with Crippen molar-refractivity contribution in [2.75, 3.05) is 11.9 Å². The van der Waals surface area contributed by atoms with E-state index in [-0.39, 0.29) is 24.1 Å². The fraction of sp³-hybridized carbons (Fsp3) is 0.462. The van der Waals surface area contributed by atoms with Crippen LogP contribution in [0.2, 0.25) is 0 Å². The number of carboxylic acids is 1. The van der Waals surface area contributed by atoms with Crippen molar-refractivity contribution in [1.82, 2.24) is 0 Å². The fourth-order valence-electron chi connectivity index (χ4n) is 1.88. The van der Waals surface area contributed by atoms with Gasteiger partial charge >= 0.3 is 5.97 Å². The van der Waals surface area contributed by atoms with Gasteiger partial charge < -0.3 is 15.5 Å². The fourth-order valence-corrected chi connectivity index (χ4v) is 1.88. The standard InChI is InChI=1S/C13H18N2O5/c1-8(2)11(5-6-16)14-9-3-4-10(13(17)18)12(7-9)15(19)20/h3-4,7-8,11,14,16H,5-6H2,1-2H3,(H,17,18). The summed E-state index contributed by atoms with van der Waals surface area (Å²) in [4.78, 5) is 21.1. The van der Waals surface area contributed by atoms with Crippen LogP contribution in [0.3, 0.4) is 0 Å². The molecule has 0 spiro atoms. The minimum atomic E-state index is -1.33. The molecule has 7 heteroatoms. The number of hydrogen-bond donors (Lipinski definition) is 3. The van der Waals surface area contributed by atoms with Crippen molar-refractivity contribution >= 4 is 17.3 Å². The third-order valence-electron chi connectivity index (χ3n) is 3.02. The largest absolute Gasteiger partial charge is 0.477 e. The van der Waals surface area contributed by atoms with Gasteiger partial charge in [-0.1, -0.05) is 13.8 Å². The number of aliphatic hydroxyl groups is 1. The molecule has 3 N–H and O–H groups in total. The molecule has 0 aromatic heterocycles. The zero-order valence-corrected chi connectivity index (χ0v) is 11.4. The van der Waals surface area contributed by atoms with Gasteiger partial charge in [0, 0.05) is 24.4 Å². The number of hydrogen-bond acceptors (Lipinski definition) is 5. The van der Waals surface area contributed by atoms with Gasteiger partial charge in [0.05, 0.1) is 4.92 Å². The minimum absolute atomic E-state index is 0.00511. The maximum atomic E-state index is 10.9. The number of aliphatic hydroxyl groups excluding tert-OH is 1. The first kappa shape index (κ1) is 15.9. The number of benzene rings is 1. The van der Waals surface area contributed by atoms with Gasteiger partial charge in [0.1, 0.15) is 5.56 Å². The summed E-state index contributed by atoms with van der Waals surface area (Å²) in [6.45, 7) is 3.94. The van der Waals surface area contributed by atoms with Crippen LogP contribution in [-0.2, 0) is 0 Å². The van der Waals surface area contributed by atoms with Crippen LogP contribution in [0.15, 0.2) is 18.2 Å². The molecular weight excluding hydrogens is 264 g/mol. The monoisotopic (exact) mass is 282 g/mol. The van der Waals surface area contributed by atoms with Crippen LogP contribution in [0.25, 0.3) is 0 Å². The Balaban J connectivity index is 3.05. The van der Waals surface area contributed by atoms with Crippen LogP contribution in [0.5, 0.6) is 0 Å². The minimum Gasteiger partial charge on any atom is -0.477 e. The summed E-state index contributed by atoms with van der Waals surface area (Å²) in [5.74, 6) is -1.11. The lowest BCUT2D eigenvalue weighted by atomic mass is 10.0. The SMILES string of the molecule is CC(C)C(CCO)Nc1ccc(C(=O)O)c([N+](=O)[O-])c1. The van der Waals surface area contributed by atoms with Crippen molar-refractivity contribution in [3.63, 3.8) is 0 Å². The number of anilines is 1. The van der Waals surface area contributed by atoms with Gasteiger partial charge in [-0.25, -0.2) is 4.79 Å². The predicted molar refractivity (Wildman–Crippen MR) is 74.0 cm³/mol. The van der Waals surface area contributed by atoms with Gasteiger partial charge in [0.2, 0.25) is 0 Å². The smallest absolute Gasteiger partial charge is 0.342 e. The first-order valence-corrected chi connectivity index (χ1v) is 6.26. The summed E-state index contributed by atoms with van der Waals surface area (Å²) in [7, 11) is 0. The summed E-state index contributed by atoms with van der Waals surface area (Å²) in [6, 6.07) is 3.86. The molecule has 0 fully saturated rings. The van der Waals surface area contributed by atoms with Crippen molar-refractivity contribution in [2.24, 2.45) is 5.92 Å². The van der Waals surface area contributed by atoms with Gasteiger partial charge in [-0.05, 0) is 24.5 Å². The molecule has 0 bridgehead atoms. The Hall–Kier alpha value is -2.15. The number of nitrogens with zero attached hydrogens (tertiary/aromatic N) is 1. The van der Waals surface area contributed by atoms with Gasteiger partial charge in [0.25, 0.3) is 5.69 Å². The van der Waals surface area contributed by atoms with Gasteiger partial charge in [-0.2, -0.15) is 0 Å². The molecule has 1 unspecified atom stereocenters. The van der Waals surface area contributed by atoms with Crippen molar-refractivity contribution < 1.29 is 19.9 Å². The maximum absolute atomic E-state index is 10.9. The topological polar surface area (TPSA) is 113 Å². The number of carbonyl (C=O) groups is 1. The van der Waals surface area contributed by atoms with Crippen LogP contribution in [0, 0.1) is 16.0 Å². The van der Waals surface area contributed by atoms with E-state index < -0.39 is 16.6 Å². The van der Waals surface area contributed by atoms with E-state index in [2.05, 4.69) is 5.32 Å². The molecule has 0 saturated heterocycles. The summed E-state index contributed by atoms with van der Waals surface area (Å²) < 4.78 is 0. The van der Waals surface area contributed by atoms with Crippen LogP contribution in [0.1, 0.15) is 30.6 Å². The van der Waals surface area contributed by atoms with Gasteiger partial charge in [0.15, 0.2) is 0 Å². The average molecular weight is 282 g/mol. The van der Waals surface area contributed by atoms with Crippen molar-refractivity contribution in [3.8, 4) is 0 Å². The molecule has 0 radical (unpaired) electrons. The molecule has 1 rings (SSSR count). The Labute approximate surface area is 116 Å². The lowest BCUT2D eigenvalue weighted by Gasteiger charge is -2.22. The quantitative estimate of drug-likeness (QED) is 0.521. The zero-order valence-electron chi connectivity index (χ0n) is 11.4. The van der Waals surface area contributed by atoms with Crippen LogP contribution >= 0.6 is 0 Å². The second-order valence-electron chi connectivity index (χ2n) is 4.80. The summed E-state index contributed by atoms with van der Waals surface area (Å²) in [5.41, 5.74) is -0.327. The molecule has 7 nitrogen and oxygen atoms in total.